The second kappa shape index (κ2) is 5.32. The van der Waals surface area contributed by atoms with Crippen molar-refractivity contribution in [1.29, 1.82) is 0 Å². The van der Waals surface area contributed by atoms with Crippen LogP contribution in [0.25, 0.3) is 0 Å². The molecule has 0 saturated carbocycles. The Kier molecular flexibility index (Phi) is 3.78. The molecule has 18 heavy (non-hydrogen) atoms. The van der Waals surface area contributed by atoms with Crippen LogP contribution in [0, 0.1) is 10.1 Å². The minimum Gasteiger partial charge on any atom is -0.336 e. The number of non-ortho nitro benzene ring substituents is 1. The Morgan fingerprint density at radius 2 is 2.06 bits per heavy atom. The molecular formula is C11H12ClN3O3. The normalized spacial score (nSPS) is 15.5. The molecule has 1 N–H and O–H groups in total. The molecule has 1 amide bonds. The third-order valence-corrected chi connectivity index (χ3v) is 3.11. The van der Waals surface area contributed by atoms with Gasteiger partial charge in [0, 0.05) is 38.3 Å². The van der Waals surface area contributed by atoms with Gasteiger partial charge in [-0.15, -0.1) is 0 Å². The fourth-order valence-electron chi connectivity index (χ4n) is 1.83. The molecule has 96 valence electrons. The van der Waals surface area contributed by atoms with Crippen LogP contribution < -0.4 is 5.32 Å². The maximum Gasteiger partial charge on any atom is 0.270 e. The maximum absolute atomic E-state index is 12.1. The monoisotopic (exact) mass is 269 g/mol. The van der Waals surface area contributed by atoms with Crippen LogP contribution in [0.1, 0.15) is 10.4 Å². The summed E-state index contributed by atoms with van der Waals surface area (Å²) in [6.45, 7) is 2.73. The zero-order valence-electron chi connectivity index (χ0n) is 9.56. The predicted octanol–water partition coefficient (Wildman–Crippen LogP) is 1.29. The van der Waals surface area contributed by atoms with E-state index >= 15 is 0 Å². The minimum absolute atomic E-state index is 0.114. The number of halogens is 1. The average molecular weight is 270 g/mol. The number of nitrogens with one attached hydrogen (secondary N) is 1. The Labute approximate surface area is 109 Å². The highest BCUT2D eigenvalue weighted by atomic mass is 35.5. The van der Waals surface area contributed by atoms with Gasteiger partial charge in [0.2, 0.25) is 0 Å². The van der Waals surface area contributed by atoms with Gasteiger partial charge in [-0.25, -0.2) is 0 Å². The molecule has 0 aliphatic carbocycles. The third-order valence-electron chi connectivity index (χ3n) is 2.80. The lowest BCUT2D eigenvalue weighted by atomic mass is 10.1. The summed E-state index contributed by atoms with van der Waals surface area (Å²) in [7, 11) is 0. The van der Waals surface area contributed by atoms with Crippen LogP contribution in [0.15, 0.2) is 18.2 Å². The molecule has 6 nitrogen and oxygen atoms in total. The van der Waals surface area contributed by atoms with E-state index in [-0.39, 0.29) is 16.6 Å². The zero-order valence-corrected chi connectivity index (χ0v) is 10.3. The lowest BCUT2D eigenvalue weighted by molar-refractivity contribution is -0.384. The highest BCUT2D eigenvalue weighted by Crippen LogP contribution is 2.23. The number of piperazine rings is 1. The molecule has 0 radical (unpaired) electrons. The molecule has 1 saturated heterocycles. The summed E-state index contributed by atoms with van der Waals surface area (Å²) in [5.41, 5.74) is 0.195. The van der Waals surface area contributed by atoms with Crippen molar-refractivity contribution >= 4 is 23.2 Å². The molecule has 1 heterocycles. The Bertz CT molecular complexity index is 486. The number of nitrogens with zero attached hydrogens (tertiary/aromatic N) is 2. The molecule has 1 aromatic rings. The van der Waals surface area contributed by atoms with Gasteiger partial charge in [0.05, 0.1) is 15.5 Å². The summed E-state index contributed by atoms with van der Waals surface area (Å²) in [4.78, 5) is 23.9. The van der Waals surface area contributed by atoms with Gasteiger partial charge in [-0.1, -0.05) is 11.6 Å². The predicted molar refractivity (Wildman–Crippen MR) is 66.9 cm³/mol. The van der Waals surface area contributed by atoms with Crippen LogP contribution in [0.4, 0.5) is 5.69 Å². The SMILES string of the molecule is O=C(c1ccc([N+](=O)[O-])cc1Cl)N1CCNCC1. The first-order valence-corrected chi connectivity index (χ1v) is 5.91. The quantitative estimate of drug-likeness (QED) is 0.648. The van der Waals surface area contributed by atoms with Crippen LogP contribution in [0.5, 0.6) is 0 Å². The maximum atomic E-state index is 12.1. The first-order chi connectivity index (χ1) is 8.59. The summed E-state index contributed by atoms with van der Waals surface area (Å²) in [5.74, 6) is -0.184. The van der Waals surface area contributed by atoms with Gasteiger partial charge in [-0.05, 0) is 6.07 Å². The largest absolute Gasteiger partial charge is 0.336 e. The van der Waals surface area contributed by atoms with Crippen molar-refractivity contribution in [2.45, 2.75) is 0 Å². The molecule has 0 atom stereocenters. The number of hydrogen-bond donors (Lipinski definition) is 1. The van der Waals surface area contributed by atoms with Crippen LogP contribution in [-0.2, 0) is 0 Å². The molecule has 0 aromatic heterocycles. The van der Waals surface area contributed by atoms with Gasteiger partial charge < -0.3 is 10.2 Å². The Hall–Kier alpha value is -1.66. The number of carbonyl (C=O) groups is 1. The standard InChI is InChI=1S/C11H12ClN3O3/c12-10-7-8(15(17)18)1-2-9(10)11(16)14-5-3-13-4-6-14/h1-2,7,13H,3-6H2. The van der Waals surface area contributed by atoms with E-state index in [9.17, 15) is 14.9 Å². The molecule has 1 aromatic carbocycles. The Morgan fingerprint density at radius 1 is 1.39 bits per heavy atom. The second-order valence-corrected chi connectivity index (χ2v) is 4.37. The second-order valence-electron chi connectivity index (χ2n) is 3.96. The number of carbonyl (C=O) groups excluding carboxylic acids is 1. The van der Waals surface area contributed by atoms with E-state index < -0.39 is 4.92 Å². The molecule has 1 aliphatic heterocycles. The first-order valence-electron chi connectivity index (χ1n) is 5.53. The van der Waals surface area contributed by atoms with E-state index in [1.807, 2.05) is 0 Å². The molecular weight excluding hydrogens is 258 g/mol. The average Bonchev–Trinajstić information content (AvgIpc) is 2.38. The molecule has 1 aliphatic rings. The molecule has 7 heteroatoms. The summed E-state index contributed by atoms with van der Waals surface area (Å²) in [6, 6.07) is 3.91. The molecule has 2 rings (SSSR count). The van der Waals surface area contributed by atoms with E-state index in [1.54, 1.807) is 4.90 Å². The number of nitro benzene ring substituents is 1. The fourth-order valence-corrected chi connectivity index (χ4v) is 2.08. The van der Waals surface area contributed by atoms with Crippen molar-refractivity contribution in [3.05, 3.63) is 38.9 Å². The van der Waals surface area contributed by atoms with Gasteiger partial charge in [-0.3, -0.25) is 14.9 Å². The van der Waals surface area contributed by atoms with E-state index in [1.165, 1.54) is 18.2 Å². The molecule has 1 fully saturated rings. The number of benzene rings is 1. The van der Waals surface area contributed by atoms with Crippen molar-refractivity contribution in [2.24, 2.45) is 0 Å². The smallest absolute Gasteiger partial charge is 0.270 e. The number of nitro groups is 1. The Balaban J connectivity index is 2.22. The van der Waals surface area contributed by atoms with E-state index in [0.29, 0.717) is 18.7 Å². The molecule has 0 spiro atoms. The van der Waals surface area contributed by atoms with Crippen molar-refractivity contribution in [3.63, 3.8) is 0 Å². The third kappa shape index (κ3) is 2.60. The van der Waals surface area contributed by atoms with Crippen LogP contribution in [0.2, 0.25) is 5.02 Å². The number of rotatable bonds is 2. The Morgan fingerprint density at radius 3 is 2.61 bits per heavy atom. The van der Waals surface area contributed by atoms with E-state index in [0.717, 1.165) is 13.1 Å². The summed E-state index contributed by atoms with van der Waals surface area (Å²) >= 11 is 5.92. The van der Waals surface area contributed by atoms with Crippen molar-refractivity contribution < 1.29 is 9.72 Å². The number of amides is 1. The van der Waals surface area contributed by atoms with Gasteiger partial charge in [0.15, 0.2) is 0 Å². The van der Waals surface area contributed by atoms with E-state index in [2.05, 4.69) is 5.32 Å². The highest BCUT2D eigenvalue weighted by molar-refractivity contribution is 6.34. The number of hydrogen-bond acceptors (Lipinski definition) is 4. The summed E-state index contributed by atoms with van der Waals surface area (Å²) in [5, 5.41) is 13.8. The van der Waals surface area contributed by atoms with Crippen LogP contribution in [0.3, 0.4) is 0 Å². The van der Waals surface area contributed by atoms with Crippen molar-refractivity contribution in [3.8, 4) is 0 Å². The van der Waals surface area contributed by atoms with Crippen LogP contribution in [-0.4, -0.2) is 41.9 Å². The zero-order chi connectivity index (χ0) is 13.1. The molecule has 0 bridgehead atoms. The van der Waals surface area contributed by atoms with Gasteiger partial charge in [0.1, 0.15) is 0 Å². The van der Waals surface area contributed by atoms with Gasteiger partial charge in [-0.2, -0.15) is 0 Å². The highest BCUT2D eigenvalue weighted by Gasteiger charge is 2.21. The molecule has 0 unspecified atom stereocenters. The van der Waals surface area contributed by atoms with Gasteiger partial charge in [0.25, 0.3) is 11.6 Å². The van der Waals surface area contributed by atoms with Gasteiger partial charge >= 0.3 is 0 Å². The minimum atomic E-state index is -0.537. The van der Waals surface area contributed by atoms with Crippen LogP contribution >= 0.6 is 11.6 Å². The van der Waals surface area contributed by atoms with Crippen molar-refractivity contribution in [2.75, 3.05) is 26.2 Å². The first kappa shape index (κ1) is 12.8. The topological polar surface area (TPSA) is 75.5 Å². The fraction of sp³-hybridized carbons (Fsp3) is 0.364. The summed E-state index contributed by atoms with van der Waals surface area (Å²) in [6.07, 6.45) is 0. The lowest BCUT2D eigenvalue weighted by Gasteiger charge is -2.27. The lowest BCUT2D eigenvalue weighted by Crippen LogP contribution is -2.46. The summed E-state index contributed by atoms with van der Waals surface area (Å²) < 4.78 is 0. The van der Waals surface area contributed by atoms with E-state index in [4.69, 9.17) is 11.6 Å². The van der Waals surface area contributed by atoms with Crippen molar-refractivity contribution in [1.82, 2.24) is 10.2 Å².